The number of hydrogen-bond acceptors (Lipinski definition) is 1. The quantitative estimate of drug-likeness (QED) is 0.141. The van der Waals surface area contributed by atoms with Crippen molar-refractivity contribution in [3.05, 3.63) is 237 Å². The second-order valence-corrected chi connectivity index (χ2v) is 14.5. The van der Waals surface area contributed by atoms with Crippen LogP contribution in [0.3, 0.4) is 0 Å². The van der Waals surface area contributed by atoms with Gasteiger partial charge in [0.25, 0.3) is 0 Å². The van der Waals surface area contributed by atoms with Crippen molar-refractivity contribution in [3.63, 3.8) is 0 Å². The Labute approximate surface area is 334 Å². The number of nitrogens with zero attached hydrogens (tertiary/aromatic N) is 1. The molecule has 57 heavy (non-hydrogen) atoms. The summed E-state index contributed by atoms with van der Waals surface area (Å²) in [6, 6.07) is 85.7. The molecule has 10 aromatic carbocycles. The standard InChI is InChI=1S/C56H39N/c1-5-18-40(19-6-1)44-24-17-25-45(36-44)55-53-30-15-13-28-51(53)52-29-14-16-31-54(52)56(55)57(49-26-11-4-12-27-49)50-34-32-43(33-35-50)48-38-46(41-20-7-2-8-21-41)37-47(39-48)42-22-9-3-10-23-42/h1-39H. The smallest absolute Gasteiger partial charge is 0.0624 e. The summed E-state index contributed by atoms with van der Waals surface area (Å²) in [4.78, 5) is 2.46. The predicted octanol–water partition coefficient (Wildman–Crippen LogP) is 15.8. The molecule has 0 aliphatic rings. The zero-order chi connectivity index (χ0) is 38.0. The van der Waals surface area contributed by atoms with Crippen LogP contribution in [-0.2, 0) is 0 Å². The van der Waals surface area contributed by atoms with Gasteiger partial charge in [-0.25, -0.2) is 0 Å². The second kappa shape index (κ2) is 15.0. The molecule has 0 saturated carbocycles. The largest absolute Gasteiger partial charge is 0.309 e. The highest BCUT2D eigenvalue weighted by atomic mass is 15.1. The Morgan fingerprint density at radius 1 is 0.211 bits per heavy atom. The Morgan fingerprint density at radius 2 is 0.561 bits per heavy atom. The average Bonchev–Trinajstić information content (AvgIpc) is 3.30. The van der Waals surface area contributed by atoms with Gasteiger partial charge in [0.15, 0.2) is 0 Å². The fourth-order valence-electron chi connectivity index (χ4n) is 8.31. The van der Waals surface area contributed by atoms with E-state index >= 15 is 0 Å². The lowest BCUT2D eigenvalue weighted by Crippen LogP contribution is -2.12. The van der Waals surface area contributed by atoms with E-state index in [1.807, 2.05) is 0 Å². The van der Waals surface area contributed by atoms with Crippen molar-refractivity contribution < 1.29 is 0 Å². The first kappa shape index (κ1) is 34.0. The third-order valence-corrected chi connectivity index (χ3v) is 11.0. The molecule has 0 atom stereocenters. The topological polar surface area (TPSA) is 3.24 Å². The molecule has 0 N–H and O–H groups in total. The highest BCUT2D eigenvalue weighted by Gasteiger charge is 2.24. The van der Waals surface area contributed by atoms with Crippen molar-refractivity contribution in [1.82, 2.24) is 0 Å². The van der Waals surface area contributed by atoms with Crippen molar-refractivity contribution in [1.29, 1.82) is 0 Å². The fraction of sp³-hybridized carbons (Fsp3) is 0. The Morgan fingerprint density at radius 3 is 1.11 bits per heavy atom. The summed E-state index contributed by atoms with van der Waals surface area (Å²) in [6.07, 6.45) is 0. The number of rotatable bonds is 8. The molecule has 0 heterocycles. The summed E-state index contributed by atoms with van der Waals surface area (Å²) in [7, 11) is 0. The maximum atomic E-state index is 2.46. The van der Waals surface area contributed by atoms with Crippen LogP contribution < -0.4 is 4.90 Å². The third kappa shape index (κ3) is 6.56. The van der Waals surface area contributed by atoms with E-state index in [9.17, 15) is 0 Å². The van der Waals surface area contributed by atoms with E-state index in [1.54, 1.807) is 0 Å². The van der Waals surface area contributed by atoms with Crippen LogP contribution in [0.25, 0.3) is 77.2 Å². The van der Waals surface area contributed by atoms with E-state index in [2.05, 4.69) is 241 Å². The van der Waals surface area contributed by atoms with Gasteiger partial charge in [0.1, 0.15) is 0 Å². The summed E-state index contributed by atoms with van der Waals surface area (Å²) < 4.78 is 0. The fourth-order valence-corrected chi connectivity index (χ4v) is 8.31. The van der Waals surface area contributed by atoms with Gasteiger partial charge >= 0.3 is 0 Å². The first-order chi connectivity index (χ1) is 28.3. The Balaban J connectivity index is 1.19. The first-order valence-corrected chi connectivity index (χ1v) is 19.6. The molecule has 0 saturated heterocycles. The zero-order valence-electron chi connectivity index (χ0n) is 31.5. The number of fused-ring (bicyclic) bond motifs is 3. The maximum absolute atomic E-state index is 2.46. The predicted molar refractivity (Wildman–Crippen MR) is 243 cm³/mol. The van der Waals surface area contributed by atoms with Gasteiger partial charge in [-0.3, -0.25) is 0 Å². The normalized spacial score (nSPS) is 11.2. The highest BCUT2D eigenvalue weighted by Crippen LogP contribution is 2.50. The molecule has 0 amide bonds. The molecule has 268 valence electrons. The van der Waals surface area contributed by atoms with Crippen molar-refractivity contribution in [2.24, 2.45) is 0 Å². The average molecular weight is 726 g/mol. The number of hydrogen-bond donors (Lipinski definition) is 0. The molecule has 0 bridgehead atoms. The molecule has 0 aliphatic heterocycles. The molecular formula is C56H39N. The maximum Gasteiger partial charge on any atom is 0.0624 e. The van der Waals surface area contributed by atoms with Crippen LogP contribution in [0.2, 0.25) is 0 Å². The van der Waals surface area contributed by atoms with E-state index in [1.165, 1.54) is 77.2 Å². The number of anilines is 3. The summed E-state index contributed by atoms with van der Waals surface area (Å²) >= 11 is 0. The van der Waals surface area contributed by atoms with Gasteiger partial charge in [0.2, 0.25) is 0 Å². The van der Waals surface area contributed by atoms with Gasteiger partial charge in [-0.2, -0.15) is 0 Å². The molecule has 10 aromatic rings. The molecule has 0 fully saturated rings. The van der Waals surface area contributed by atoms with Gasteiger partial charge in [-0.1, -0.05) is 188 Å². The SMILES string of the molecule is c1ccc(-c2cc(-c3ccccc3)cc(-c3ccc(N(c4ccccc4)c4c(-c5cccc(-c6ccccc6)c5)c5ccccc5c5ccccc45)cc3)c2)cc1. The Bertz CT molecular complexity index is 2910. The summed E-state index contributed by atoms with van der Waals surface area (Å²) in [5, 5.41) is 4.90. The Kier molecular flexibility index (Phi) is 8.95. The molecule has 0 aliphatic carbocycles. The molecule has 0 radical (unpaired) electrons. The van der Waals surface area contributed by atoms with Crippen molar-refractivity contribution in [3.8, 4) is 55.6 Å². The summed E-state index contributed by atoms with van der Waals surface area (Å²) in [5.74, 6) is 0. The summed E-state index contributed by atoms with van der Waals surface area (Å²) in [6.45, 7) is 0. The van der Waals surface area contributed by atoms with Crippen LogP contribution in [0.5, 0.6) is 0 Å². The number of para-hydroxylation sites is 1. The van der Waals surface area contributed by atoms with E-state index in [-0.39, 0.29) is 0 Å². The van der Waals surface area contributed by atoms with Crippen LogP contribution in [0.15, 0.2) is 237 Å². The van der Waals surface area contributed by atoms with Crippen LogP contribution in [0.1, 0.15) is 0 Å². The lowest BCUT2D eigenvalue weighted by atomic mass is 9.88. The van der Waals surface area contributed by atoms with Gasteiger partial charge < -0.3 is 4.90 Å². The Hall–Kier alpha value is -7.48. The molecule has 1 heteroatoms. The van der Waals surface area contributed by atoms with E-state index in [0.717, 1.165) is 17.1 Å². The molecule has 0 unspecified atom stereocenters. The lowest BCUT2D eigenvalue weighted by molar-refractivity contribution is 1.30. The number of benzene rings is 10. The van der Waals surface area contributed by atoms with E-state index < -0.39 is 0 Å². The summed E-state index contributed by atoms with van der Waals surface area (Å²) in [5.41, 5.74) is 15.3. The molecule has 0 aromatic heterocycles. The minimum absolute atomic E-state index is 1.09. The minimum Gasteiger partial charge on any atom is -0.309 e. The van der Waals surface area contributed by atoms with Gasteiger partial charge in [0.05, 0.1) is 5.69 Å². The second-order valence-electron chi connectivity index (χ2n) is 14.5. The van der Waals surface area contributed by atoms with E-state index in [4.69, 9.17) is 0 Å². The van der Waals surface area contributed by atoms with Gasteiger partial charge in [-0.15, -0.1) is 0 Å². The van der Waals surface area contributed by atoms with Crippen molar-refractivity contribution in [2.75, 3.05) is 4.90 Å². The van der Waals surface area contributed by atoms with Gasteiger partial charge in [-0.05, 0) is 115 Å². The van der Waals surface area contributed by atoms with Crippen LogP contribution >= 0.6 is 0 Å². The zero-order valence-corrected chi connectivity index (χ0v) is 31.5. The molecule has 0 spiro atoms. The van der Waals surface area contributed by atoms with Crippen molar-refractivity contribution in [2.45, 2.75) is 0 Å². The minimum atomic E-state index is 1.09. The lowest BCUT2D eigenvalue weighted by Gasteiger charge is -2.31. The first-order valence-electron chi connectivity index (χ1n) is 19.6. The third-order valence-electron chi connectivity index (χ3n) is 11.0. The van der Waals surface area contributed by atoms with Crippen LogP contribution in [-0.4, -0.2) is 0 Å². The molecular weight excluding hydrogens is 687 g/mol. The van der Waals surface area contributed by atoms with E-state index in [0.29, 0.717) is 0 Å². The van der Waals surface area contributed by atoms with Gasteiger partial charge in [0, 0.05) is 22.3 Å². The van der Waals surface area contributed by atoms with Crippen LogP contribution in [0.4, 0.5) is 17.1 Å². The molecule has 1 nitrogen and oxygen atoms in total. The van der Waals surface area contributed by atoms with Crippen LogP contribution in [0, 0.1) is 0 Å². The van der Waals surface area contributed by atoms with Crippen molar-refractivity contribution >= 4 is 38.6 Å². The highest BCUT2D eigenvalue weighted by molar-refractivity contribution is 6.22. The molecule has 10 rings (SSSR count). The monoisotopic (exact) mass is 725 g/mol.